The Bertz CT molecular complexity index is 537. The van der Waals surface area contributed by atoms with E-state index in [1.807, 2.05) is 25.1 Å². The Labute approximate surface area is 105 Å². The van der Waals surface area contributed by atoms with Crippen LogP contribution in [-0.4, -0.2) is 36.3 Å². The first-order chi connectivity index (χ1) is 8.60. The average molecular weight is 248 g/mol. The zero-order valence-electron chi connectivity index (χ0n) is 10.7. The van der Waals surface area contributed by atoms with Gasteiger partial charge in [-0.05, 0) is 32.3 Å². The van der Waals surface area contributed by atoms with Crippen molar-refractivity contribution >= 4 is 5.69 Å². The van der Waals surface area contributed by atoms with Crippen LogP contribution in [-0.2, 0) is 6.54 Å². The highest BCUT2D eigenvalue weighted by Crippen LogP contribution is 2.28. The van der Waals surface area contributed by atoms with Gasteiger partial charge in [-0.15, -0.1) is 10.2 Å². The van der Waals surface area contributed by atoms with Gasteiger partial charge in [0, 0.05) is 5.56 Å². The number of methoxy groups -OCH3 is 1. The van der Waals surface area contributed by atoms with Gasteiger partial charge in [-0.25, -0.2) is 0 Å². The van der Waals surface area contributed by atoms with Crippen LogP contribution in [0.3, 0.4) is 0 Å². The summed E-state index contributed by atoms with van der Waals surface area (Å²) >= 11 is 0. The first kappa shape index (κ1) is 12.4. The molecule has 0 radical (unpaired) electrons. The van der Waals surface area contributed by atoms with Crippen LogP contribution in [0.2, 0.25) is 0 Å². The van der Waals surface area contributed by atoms with Crippen LogP contribution in [0.5, 0.6) is 5.75 Å². The normalized spacial score (nSPS) is 10.9. The fourth-order valence-electron chi connectivity index (χ4n) is 1.55. The molecular weight excluding hydrogens is 232 g/mol. The van der Waals surface area contributed by atoms with Crippen LogP contribution >= 0.6 is 0 Å². The second kappa shape index (κ2) is 5.05. The minimum absolute atomic E-state index is 0.463. The summed E-state index contributed by atoms with van der Waals surface area (Å²) in [5, 5.41) is 7.99. The van der Waals surface area contributed by atoms with E-state index in [4.69, 9.17) is 14.9 Å². The Hall–Kier alpha value is -2.08. The first-order valence-electron chi connectivity index (χ1n) is 5.51. The van der Waals surface area contributed by atoms with E-state index in [0.29, 0.717) is 29.8 Å². The van der Waals surface area contributed by atoms with Crippen molar-refractivity contribution in [1.29, 1.82) is 0 Å². The van der Waals surface area contributed by atoms with Crippen LogP contribution in [0, 0.1) is 0 Å². The molecule has 2 aromatic rings. The number of rotatable bonds is 4. The molecule has 0 spiro atoms. The van der Waals surface area contributed by atoms with E-state index in [2.05, 4.69) is 10.2 Å². The lowest BCUT2D eigenvalue weighted by atomic mass is 10.2. The van der Waals surface area contributed by atoms with E-state index in [1.54, 1.807) is 19.2 Å². The van der Waals surface area contributed by atoms with Crippen molar-refractivity contribution < 1.29 is 9.15 Å². The standard InChI is InChI=1S/C12H16N4O2/c1-16(2)7-11-14-15-12(18-11)8-4-5-9(13)10(6-8)17-3/h4-6H,7,13H2,1-3H3. The van der Waals surface area contributed by atoms with Gasteiger partial charge in [-0.1, -0.05) is 0 Å². The maximum atomic E-state index is 5.75. The number of anilines is 1. The molecule has 2 rings (SSSR count). The average Bonchev–Trinajstić information content (AvgIpc) is 2.77. The van der Waals surface area contributed by atoms with Gasteiger partial charge in [0.1, 0.15) is 5.75 Å². The van der Waals surface area contributed by atoms with Crippen LogP contribution in [0.4, 0.5) is 5.69 Å². The van der Waals surface area contributed by atoms with Crippen molar-refractivity contribution in [2.75, 3.05) is 26.9 Å². The maximum Gasteiger partial charge on any atom is 0.247 e. The third-order valence-electron chi connectivity index (χ3n) is 2.40. The Morgan fingerprint density at radius 2 is 2.11 bits per heavy atom. The molecule has 6 heteroatoms. The highest BCUT2D eigenvalue weighted by Gasteiger charge is 2.11. The van der Waals surface area contributed by atoms with Crippen molar-refractivity contribution in [2.24, 2.45) is 0 Å². The fraction of sp³-hybridized carbons (Fsp3) is 0.333. The maximum absolute atomic E-state index is 5.75. The zero-order valence-corrected chi connectivity index (χ0v) is 10.7. The molecule has 0 aliphatic carbocycles. The minimum Gasteiger partial charge on any atom is -0.495 e. The van der Waals surface area contributed by atoms with Crippen LogP contribution in [0.25, 0.3) is 11.5 Å². The second-order valence-corrected chi connectivity index (χ2v) is 4.20. The topological polar surface area (TPSA) is 77.4 Å². The summed E-state index contributed by atoms with van der Waals surface area (Å²) in [4.78, 5) is 1.96. The Balaban J connectivity index is 2.28. The lowest BCUT2D eigenvalue weighted by Gasteiger charge is -2.05. The van der Waals surface area contributed by atoms with Gasteiger partial charge in [0.2, 0.25) is 11.8 Å². The number of aromatic nitrogens is 2. The molecule has 0 amide bonds. The molecular formula is C12H16N4O2. The van der Waals surface area contributed by atoms with E-state index in [-0.39, 0.29) is 0 Å². The lowest BCUT2D eigenvalue weighted by molar-refractivity contribution is 0.344. The molecule has 0 unspecified atom stereocenters. The van der Waals surface area contributed by atoms with Crippen molar-refractivity contribution in [2.45, 2.75) is 6.54 Å². The Kier molecular flexibility index (Phi) is 3.47. The molecule has 0 aliphatic heterocycles. The zero-order chi connectivity index (χ0) is 13.1. The van der Waals surface area contributed by atoms with E-state index in [0.717, 1.165) is 5.56 Å². The van der Waals surface area contributed by atoms with Gasteiger partial charge in [-0.2, -0.15) is 0 Å². The van der Waals surface area contributed by atoms with Crippen LogP contribution in [0.1, 0.15) is 5.89 Å². The summed E-state index contributed by atoms with van der Waals surface area (Å²) in [7, 11) is 5.45. The van der Waals surface area contributed by atoms with Gasteiger partial charge in [0.25, 0.3) is 0 Å². The predicted octanol–water partition coefficient (Wildman–Crippen LogP) is 1.39. The van der Waals surface area contributed by atoms with Crippen molar-refractivity contribution in [1.82, 2.24) is 15.1 Å². The molecule has 6 nitrogen and oxygen atoms in total. The minimum atomic E-state index is 0.463. The largest absolute Gasteiger partial charge is 0.495 e. The molecule has 0 saturated carbocycles. The first-order valence-corrected chi connectivity index (χ1v) is 5.51. The Morgan fingerprint density at radius 1 is 1.33 bits per heavy atom. The summed E-state index contributed by atoms with van der Waals surface area (Å²) in [6, 6.07) is 5.36. The monoisotopic (exact) mass is 248 g/mol. The molecule has 0 bridgehead atoms. The van der Waals surface area contributed by atoms with Crippen molar-refractivity contribution in [3.8, 4) is 17.2 Å². The number of nitrogens with two attached hydrogens (primary N) is 1. The third-order valence-corrected chi connectivity index (χ3v) is 2.40. The van der Waals surface area contributed by atoms with E-state index < -0.39 is 0 Å². The fourth-order valence-corrected chi connectivity index (χ4v) is 1.55. The molecule has 0 fully saturated rings. The van der Waals surface area contributed by atoms with E-state index in [1.165, 1.54) is 0 Å². The number of ether oxygens (including phenoxy) is 1. The van der Waals surface area contributed by atoms with Gasteiger partial charge in [-0.3, -0.25) is 0 Å². The third kappa shape index (κ3) is 2.60. The lowest BCUT2D eigenvalue weighted by Crippen LogP contribution is -2.10. The molecule has 0 saturated heterocycles. The molecule has 2 N–H and O–H groups in total. The van der Waals surface area contributed by atoms with Gasteiger partial charge >= 0.3 is 0 Å². The number of hydrogen-bond acceptors (Lipinski definition) is 6. The predicted molar refractivity (Wildman–Crippen MR) is 68.1 cm³/mol. The Morgan fingerprint density at radius 3 is 2.78 bits per heavy atom. The molecule has 0 aliphatic rings. The second-order valence-electron chi connectivity index (χ2n) is 4.20. The summed E-state index contributed by atoms with van der Waals surface area (Å²) < 4.78 is 10.7. The van der Waals surface area contributed by atoms with Gasteiger partial charge in [0.05, 0.1) is 19.3 Å². The molecule has 0 atom stereocenters. The SMILES string of the molecule is COc1cc(-c2nnc(CN(C)C)o2)ccc1N. The smallest absolute Gasteiger partial charge is 0.247 e. The van der Waals surface area contributed by atoms with Crippen LogP contribution < -0.4 is 10.5 Å². The molecule has 1 aromatic carbocycles. The number of benzene rings is 1. The highest BCUT2D eigenvalue weighted by atomic mass is 16.5. The van der Waals surface area contributed by atoms with Gasteiger partial charge in [0.15, 0.2) is 0 Å². The number of hydrogen-bond donors (Lipinski definition) is 1. The summed E-state index contributed by atoms with van der Waals surface area (Å²) in [6.45, 7) is 0.610. The van der Waals surface area contributed by atoms with Crippen molar-refractivity contribution in [3.63, 3.8) is 0 Å². The molecule has 1 aromatic heterocycles. The van der Waals surface area contributed by atoms with Gasteiger partial charge < -0.3 is 19.8 Å². The summed E-state index contributed by atoms with van der Waals surface area (Å²) in [5.74, 6) is 1.64. The molecule has 96 valence electrons. The van der Waals surface area contributed by atoms with E-state index in [9.17, 15) is 0 Å². The summed E-state index contributed by atoms with van der Waals surface area (Å²) in [6.07, 6.45) is 0. The number of nitrogen functional groups attached to an aromatic ring is 1. The van der Waals surface area contributed by atoms with Crippen LogP contribution in [0.15, 0.2) is 22.6 Å². The highest BCUT2D eigenvalue weighted by molar-refractivity contribution is 5.64. The number of nitrogens with zero attached hydrogens (tertiary/aromatic N) is 3. The van der Waals surface area contributed by atoms with Crippen molar-refractivity contribution in [3.05, 3.63) is 24.1 Å². The molecule has 18 heavy (non-hydrogen) atoms. The summed E-state index contributed by atoms with van der Waals surface area (Å²) in [5.41, 5.74) is 7.12. The van der Waals surface area contributed by atoms with E-state index >= 15 is 0 Å². The quantitative estimate of drug-likeness (QED) is 0.824. The molecule has 1 heterocycles.